The third-order valence-corrected chi connectivity index (χ3v) is 4.36. The number of nitrogens with zero attached hydrogens (tertiary/aromatic N) is 1. The molecule has 0 aromatic heterocycles. The van der Waals surface area contributed by atoms with E-state index in [2.05, 4.69) is 5.32 Å². The minimum absolute atomic E-state index is 0.0519. The van der Waals surface area contributed by atoms with Crippen LogP contribution >= 0.6 is 11.6 Å². The van der Waals surface area contributed by atoms with Crippen LogP contribution in [0.15, 0.2) is 48.5 Å². The van der Waals surface area contributed by atoms with Crippen LogP contribution in [0.3, 0.4) is 0 Å². The molecule has 3 rings (SSSR count). The first-order valence-electron chi connectivity index (χ1n) is 8.97. The predicted molar refractivity (Wildman–Crippen MR) is 109 cm³/mol. The molecule has 0 radical (unpaired) electrons. The SMILES string of the molecule is CCN(CC(=O)Nc1ccc2c(c1)OCCO2)C(=O)/C=C/c1cccc(Cl)c1. The molecule has 0 atom stereocenters. The number of hydrogen-bond donors (Lipinski definition) is 1. The van der Waals surface area contributed by atoms with Crippen molar-refractivity contribution in [1.29, 1.82) is 0 Å². The van der Waals surface area contributed by atoms with Crippen molar-refractivity contribution in [2.75, 3.05) is 31.6 Å². The summed E-state index contributed by atoms with van der Waals surface area (Å²) in [7, 11) is 0. The zero-order valence-electron chi connectivity index (χ0n) is 15.5. The molecule has 0 spiro atoms. The zero-order chi connectivity index (χ0) is 19.9. The molecule has 0 bridgehead atoms. The topological polar surface area (TPSA) is 67.9 Å². The molecule has 1 aliphatic heterocycles. The number of hydrogen-bond acceptors (Lipinski definition) is 4. The van der Waals surface area contributed by atoms with E-state index in [0.717, 1.165) is 5.56 Å². The van der Waals surface area contributed by atoms with Crippen LogP contribution in [0.4, 0.5) is 5.69 Å². The lowest BCUT2D eigenvalue weighted by molar-refractivity contribution is -0.130. The van der Waals surface area contributed by atoms with Crippen molar-refractivity contribution in [3.8, 4) is 11.5 Å². The molecule has 0 saturated heterocycles. The second-order valence-electron chi connectivity index (χ2n) is 6.15. The molecule has 1 N–H and O–H groups in total. The Kier molecular flexibility index (Phi) is 6.55. The molecule has 1 aliphatic rings. The van der Waals surface area contributed by atoms with Gasteiger partial charge in [0, 0.05) is 29.4 Å². The van der Waals surface area contributed by atoms with Crippen molar-refractivity contribution in [2.45, 2.75) is 6.92 Å². The average Bonchev–Trinajstić information content (AvgIpc) is 2.70. The fraction of sp³-hybridized carbons (Fsp3) is 0.238. The van der Waals surface area contributed by atoms with E-state index in [-0.39, 0.29) is 18.4 Å². The van der Waals surface area contributed by atoms with E-state index in [1.807, 2.05) is 19.1 Å². The molecule has 7 heteroatoms. The molecule has 146 valence electrons. The molecule has 6 nitrogen and oxygen atoms in total. The molecule has 2 amide bonds. The summed E-state index contributed by atoms with van der Waals surface area (Å²) in [6, 6.07) is 12.4. The molecular formula is C21H21ClN2O4. The highest BCUT2D eigenvalue weighted by atomic mass is 35.5. The van der Waals surface area contributed by atoms with E-state index in [9.17, 15) is 9.59 Å². The third kappa shape index (κ3) is 5.27. The summed E-state index contributed by atoms with van der Waals surface area (Å²) in [5.74, 6) is 0.709. The fourth-order valence-corrected chi connectivity index (χ4v) is 2.92. The summed E-state index contributed by atoms with van der Waals surface area (Å²) < 4.78 is 11.0. The molecule has 1 heterocycles. The Balaban J connectivity index is 1.59. The third-order valence-electron chi connectivity index (χ3n) is 4.12. The van der Waals surface area contributed by atoms with Crippen molar-refractivity contribution in [1.82, 2.24) is 4.90 Å². The number of likely N-dealkylation sites (N-methyl/N-ethyl adjacent to an activating group) is 1. The summed E-state index contributed by atoms with van der Waals surface area (Å²) in [5.41, 5.74) is 1.41. The van der Waals surface area contributed by atoms with Crippen LogP contribution in [0.25, 0.3) is 6.08 Å². The Morgan fingerprint density at radius 2 is 1.93 bits per heavy atom. The number of halogens is 1. The van der Waals surface area contributed by atoms with Gasteiger partial charge in [-0.3, -0.25) is 9.59 Å². The number of anilines is 1. The predicted octanol–water partition coefficient (Wildman–Crippen LogP) is 3.61. The van der Waals surface area contributed by atoms with Crippen LogP contribution in [-0.4, -0.2) is 43.0 Å². The van der Waals surface area contributed by atoms with Gasteiger partial charge in [0.25, 0.3) is 0 Å². The van der Waals surface area contributed by atoms with Crippen LogP contribution in [0.2, 0.25) is 5.02 Å². The number of fused-ring (bicyclic) bond motifs is 1. The maximum absolute atomic E-state index is 12.4. The highest BCUT2D eigenvalue weighted by Crippen LogP contribution is 2.32. The Morgan fingerprint density at radius 3 is 2.68 bits per heavy atom. The van der Waals surface area contributed by atoms with Gasteiger partial charge in [-0.1, -0.05) is 23.7 Å². The number of amides is 2. The molecule has 2 aromatic rings. The lowest BCUT2D eigenvalue weighted by Gasteiger charge is -2.20. The standard InChI is InChI=1S/C21H21ClN2O4/c1-2-24(21(26)9-6-15-4-3-5-16(22)12-15)14-20(25)23-17-7-8-18-19(13-17)28-11-10-27-18/h3-9,12-13H,2,10-11,14H2,1H3,(H,23,25)/b9-6+. The van der Waals surface area contributed by atoms with E-state index in [0.29, 0.717) is 42.0 Å². The monoisotopic (exact) mass is 400 g/mol. The first-order valence-corrected chi connectivity index (χ1v) is 9.35. The smallest absolute Gasteiger partial charge is 0.247 e. The maximum Gasteiger partial charge on any atom is 0.247 e. The number of ether oxygens (including phenoxy) is 2. The summed E-state index contributed by atoms with van der Waals surface area (Å²) in [4.78, 5) is 26.2. The summed E-state index contributed by atoms with van der Waals surface area (Å²) in [6.07, 6.45) is 3.11. The van der Waals surface area contributed by atoms with Gasteiger partial charge in [0.1, 0.15) is 19.8 Å². The second-order valence-corrected chi connectivity index (χ2v) is 6.58. The number of nitrogens with one attached hydrogen (secondary N) is 1. The van der Waals surface area contributed by atoms with Crippen molar-refractivity contribution in [2.24, 2.45) is 0 Å². The van der Waals surface area contributed by atoms with E-state index in [4.69, 9.17) is 21.1 Å². The van der Waals surface area contributed by atoms with Gasteiger partial charge in [-0.15, -0.1) is 0 Å². The molecule has 0 fully saturated rings. The maximum atomic E-state index is 12.4. The van der Waals surface area contributed by atoms with E-state index in [1.165, 1.54) is 11.0 Å². The molecule has 28 heavy (non-hydrogen) atoms. The number of carbonyl (C=O) groups excluding carboxylic acids is 2. The summed E-state index contributed by atoms with van der Waals surface area (Å²) >= 11 is 5.94. The van der Waals surface area contributed by atoms with Gasteiger partial charge >= 0.3 is 0 Å². The van der Waals surface area contributed by atoms with Gasteiger partial charge in [0.05, 0.1) is 0 Å². The van der Waals surface area contributed by atoms with Crippen molar-refractivity contribution in [3.05, 3.63) is 59.1 Å². The van der Waals surface area contributed by atoms with Crippen LogP contribution in [0, 0.1) is 0 Å². The quantitative estimate of drug-likeness (QED) is 0.752. The lowest BCUT2D eigenvalue weighted by atomic mass is 10.2. The van der Waals surface area contributed by atoms with Crippen LogP contribution in [-0.2, 0) is 9.59 Å². The first kappa shape index (κ1) is 19.8. The molecule has 0 saturated carbocycles. The molecule has 2 aromatic carbocycles. The zero-order valence-corrected chi connectivity index (χ0v) is 16.2. The van der Waals surface area contributed by atoms with Crippen LogP contribution in [0.5, 0.6) is 11.5 Å². The van der Waals surface area contributed by atoms with Gasteiger partial charge < -0.3 is 19.7 Å². The van der Waals surface area contributed by atoms with E-state index < -0.39 is 0 Å². The second kappa shape index (κ2) is 9.28. The molecular weight excluding hydrogens is 380 g/mol. The Labute approximate surface area is 168 Å². The first-order chi connectivity index (χ1) is 13.5. The highest BCUT2D eigenvalue weighted by molar-refractivity contribution is 6.30. The highest BCUT2D eigenvalue weighted by Gasteiger charge is 2.16. The molecule has 0 unspecified atom stereocenters. The fourth-order valence-electron chi connectivity index (χ4n) is 2.72. The largest absolute Gasteiger partial charge is 0.486 e. The minimum atomic E-state index is -0.289. The Bertz CT molecular complexity index is 898. The van der Waals surface area contributed by atoms with Gasteiger partial charge in [-0.25, -0.2) is 0 Å². The lowest BCUT2D eigenvalue weighted by Crippen LogP contribution is -2.36. The molecule has 0 aliphatic carbocycles. The normalized spacial score (nSPS) is 12.6. The average molecular weight is 401 g/mol. The van der Waals surface area contributed by atoms with Gasteiger partial charge in [-0.2, -0.15) is 0 Å². The Hall–Kier alpha value is -2.99. The summed E-state index contributed by atoms with van der Waals surface area (Å²) in [6.45, 7) is 3.16. The van der Waals surface area contributed by atoms with Crippen molar-refractivity contribution < 1.29 is 19.1 Å². The van der Waals surface area contributed by atoms with Crippen LogP contribution < -0.4 is 14.8 Å². The number of benzene rings is 2. The number of carbonyl (C=O) groups is 2. The minimum Gasteiger partial charge on any atom is -0.486 e. The summed E-state index contributed by atoms with van der Waals surface area (Å²) in [5, 5.41) is 3.38. The van der Waals surface area contributed by atoms with Crippen LogP contribution in [0.1, 0.15) is 12.5 Å². The van der Waals surface area contributed by atoms with Crippen molar-refractivity contribution >= 4 is 35.2 Å². The number of rotatable bonds is 6. The van der Waals surface area contributed by atoms with Gasteiger partial charge in [0.2, 0.25) is 11.8 Å². The van der Waals surface area contributed by atoms with E-state index in [1.54, 1.807) is 36.4 Å². The van der Waals surface area contributed by atoms with E-state index >= 15 is 0 Å². The van der Waals surface area contributed by atoms with Crippen molar-refractivity contribution in [3.63, 3.8) is 0 Å². The Morgan fingerprint density at radius 1 is 1.14 bits per heavy atom. The van der Waals surface area contributed by atoms with Gasteiger partial charge in [0.15, 0.2) is 11.5 Å². The van der Waals surface area contributed by atoms with Gasteiger partial charge in [-0.05, 0) is 42.8 Å².